The number of nitrogens with zero attached hydrogens (tertiary/aromatic N) is 2. The van der Waals surface area contributed by atoms with E-state index >= 15 is 0 Å². The van der Waals surface area contributed by atoms with Gasteiger partial charge in [-0.15, -0.1) is 8.93 Å². The maximum atomic E-state index is 11.0. The van der Waals surface area contributed by atoms with Crippen LogP contribution in [-0.2, 0) is 11.2 Å². The predicted octanol–water partition coefficient (Wildman–Crippen LogP) is 5.92. The molecule has 2 aromatic rings. The Hall–Kier alpha value is -1.20. The lowest BCUT2D eigenvalue weighted by Gasteiger charge is -2.07. The molecule has 7 heteroatoms. The van der Waals surface area contributed by atoms with E-state index in [1.54, 1.807) is 6.20 Å². The van der Waals surface area contributed by atoms with Crippen LogP contribution in [0.3, 0.4) is 0 Å². The zero-order valence-electron chi connectivity index (χ0n) is 15.2. The molecule has 25 heavy (non-hydrogen) atoms. The van der Waals surface area contributed by atoms with Gasteiger partial charge >= 0.3 is 5.97 Å². The molecule has 0 aliphatic heterocycles. The Balaban J connectivity index is 0.000000530. The van der Waals surface area contributed by atoms with E-state index in [-0.39, 0.29) is 0 Å². The average Bonchev–Trinajstić information content (AvgIpc) is 2.63. The van der Waals surface area contributed by atoms with Crippen LogP contribution in [0.5, 0.6) is 0 Å². The Morgan fingerprint density at radius 3 is 2.28 bits per heavy atom. The molecule has 1 heterocycles. The van der Waals surface area contributed by atoms with Gasteiger partial charge in [0.25, 0.3) is 0 Å². The third kappa shape index (κ3) is 11.9. The topological polar surface area (TPSA) is 62.5 Å². The highest BCUT2D eigenvalue weighted by Gasteiger charge is 2.15. The van der Waals surface area contributed by atoms with Crippen LogP contribution in [0.4, 0.5) is 0 Å². The number of aromatic nitrogens is 1. The lowest BCUT2D eigenvalue weighted by atomic mass is 10.1. The summed E-state index contributed by atoms with van der Waals surface area (Å²) in [6.45, 7) is 7.98. The van der Waals surface area contributed by atoms with Gasteiger partial charge < -0.3 is 5.11 Å². The molecular weight excluding hydrogens is 369 g/mol. The van der Waals surface area contributed by atoms with E-state index in [9.17, 15) is 4.79 Å². The molecule has 0 aliphatic rings. The summed E-state index contributed by atoms with van der Waals surface area (Å²) in [5.74, 6) is -0.851. The van der Waals surface area contributed by atoms with E-state index in [1.807, 2.05) is 70.2 Å². The highest BCUT2D eigenvalue weighted by Crippen LogP contribution is 2.37. The van der Waals surface area contributed by atoms with Crippen LogP contribution >= 0.6 is 24.9 Å². The van der Waals surface area contributed by atoms with Crippen LogP contribution in [0.1, 0.15) is 30.7 Å². The molecule has 2 rings (SSSR count). The monoisotopic (exact) mass is 396 g/mol. The number of aryl methyl sites for hydroxylation is 2. The Kier molecular flexibility index (Phi) is 14.4. The standard InChI is InChI=1S/C10H14NO2P3.C6H7N.C2H6/c1-7-2-4-8(5-3-7)6-9(10(12)13)11-15-16-14;1-6-4-2-3-5-7-6;1-2/h2-5,9,16H,6,14H2,1H3,(H,12,13);2-5H,1H3;1-2H3. The maximum Gasteiger partial charge on any atom is 0.329 e. The molecule has 0 saturated heterocycles. The van der Waals surface area contributed by atoms with E-state index in [1.165, 1.54) is 5.56 Å². The second-order valence-electron chi connectivity index (χ2n) is 4.86. The van der Waals surface area contributed by atoms with Crippen molar-refractivity contribution < 1.29 is 9.90 Å². The quantitative estimate of drug-likeness (QED) is 0.638. The fourth-order valence-electron chi connectivity index (χ4n) is 1.68. The number of carboxylic acids is 1. The summed E-state index contributed by atoms with van der Waals surface area (Å²) in [5.41, 5.74) is 3.27. The smallest absolute Gasteiger partial charge is 0.329 e. The summed E-state index contributed by atoms with van der Waals surface area (Å²) in [7, 11) is 3.96. The summed E-state index contributed by atoms with van der Waals surface area (Å²) < 4.78 is 4.12. The van der Waals surface area contributed by atoms with Gasteiger partial charge in [-0.2, -0.15) is 0 Å². The van der Waals surface area contributed by atoms with E-state index in [0.717, 1.165) is 19.3 Å². The number of hydrogen-bond acceptors (Lipinski definition) is 3. The van der Waals surface area contributed by atoms with Crippen LogP contribution in [0, 0.1) is 13.8 Å². The Morgan fingerprint density at radius 2 is 1.88 bits per heavy atom. The van der Waals surface area contributed by atoms with Crippen LogP contribution in [0.25, 0.3) is 0 Å². The number of aliphatic carboxylic acids is 1. The lowest BCUT2D eigenvalue weighted by Crippen LogP contribution is -2.19. The van der Waals surface area contributed by atoms with Gasteiger partial charge in [0.15, 0.2) is 6.04 Å². The summed E-state index contributed by atoms with van der Waals surface area (Å²) in [4.78, 5) is 15.0. The van der Waals surface area contributed by atoms with Crippen molar-refractivity contribution in [2.24, 2.45) is 4.74 Å². The minimum Gasteiger partial charge on any atom is -0.480 e. The van der Waals surface area contributed by atoms with Gasteiger partial charge in [-0.25, -0.2) is 9.54 Å². The maximum absolute atomic E-state index is 11.0. The van der Waals surface area contributed by atoms with Crippen molar-refractivity contribution in [3.8, 4) is 0 Å². The number of hydrogen-bond donors (Lipinski definition) is 1. The van der Waals surface area contributed by atoms with Crippen LogP contribution in [-0.4, -0.2) is 22.1 Å². The molecular formula is C18H27N2O2P3. The minimum atomic E-state index is -0.851. The van der Waals surface area contributed by atoms with Gasteiger partial charge in [0, 0.05) is 26.4 Å². The molecule has 1 aromatic heterocycles. The molecule has 0 radical (unpaired) electrons. The normalized spacial score (nSPS) is 11.4. The molecule has 3 unspecified atom stereocenters. The van der Waals surface area contributed by atoms with Gasteiger partial charge in [0.1, 0.15) is 0 Å². The van der Waals surface area contributed by atoms with Crippen molar-refractivity contribution in [2.45, 2.75) is 40.2 Å². The fraction of sp³-hybridized carbons (Fsp3) is 0.333. The first kappa shape index (κ1) is 23.8. The van der Waals surface area contributed by atoms with Crippen molar-refractivity contribution in [3.63, 3.8) is 0 Å². The molecule has 1 N–H and O–H groups in total. The zero-order chi connectivity index (χ0) is 19.1. The molecule has 0 spiro atoms. The van der Waals surface area contributed by atoms with Gasteiger partial charge in [-0.1, -0.05) is 49.7 Å². The highest BCUT2D eigenvalue weighted by molar-refractivity contribution is 8.36. The number of rotatable bonds is 5. The first-order valence-corrected chi connectivity index (χ1v) is 12.5. The van der Waals surface area contributed by atoms with Crippen molar-refractivity contribution >= 4 is 30.9 Å². The Bertz CT molecular complexity index is 620. The predicted molar refractivity (Wildman–Crippen MR) is 114 cm³/mol. The third-order valence-electron chi connectivity index (χ3n) is 2.90. The SMILES string of the molecule is CC.Cc1ccc(CC(N=PPP)C(=O)O)cc1.Cc1ccccn1. The largest absolute Gasteiger partial charge is 0.480 e. The van der Waals surface area contributed by atoms with E-state index in [0.29, 0.717) is 14.4 Å². The number of benzene rings is 1. The molecule has 4 nitrogen and oxygen atoms in total. The number of carboxylic acid groups (broad SMARTS) is 1. The Labute approximate surface area is 156 Å². The van der Waals surface area contributed by atoms with Gasteiger partial charge in [0.05, 0.1) is 0 Å². The summed E-state index contributed by atoms with van der Waals surface area (Å²) >= 11 is 0. The van der Waals surface area contributed by atoms with Gasteiger partial charge in [-0.05, 0) is 39.5 Å². The summed E-state index contributed by atoms with van der Waals surface area (Å²) in [5, 5.41) is 9.01. The van der Waals surface area contributed by atoms with E-state index < -0.39 is 12.0 Å². The Morgan fingerprint density at radius 1 is 1.24 bits per heavy atom. The van der Waals surface area contributed by atoms with Gasteiger partial charge in [-0.3, -0.25) is 4.98 Å². The van der Waals surface area contributed by atoms with Crippen molar-refractivity contribution in [1.29, 1.82) is 0 Å². The van der Waals surface area contributed by atoms with E-state index in [2.05, 4.69) is 18.7 Å². The molecule has 136 valence electrons. The lowest BCUT2D eigenvalue weighted by molar-refractivity contribution is -0.138. The molecule has 0 bridgehead atoms. The van der Waals surface area contributed by atoms with Crippen LogP contribution in [0.2, 0.25) is 0 Å². The second kappa shape index (κ2) is 15.1. The molecule has 3 atom stereocenters. The van der Waals surface area contributed by atoms with Gasteiger partial charge in [0.2, 0.25) is 0 Å². The van der Waals surface area contributed by atoms with Crippen molar-refractivity contribution in [1.82, 2.24) is 4.98 Å². The first-order valence-electron chi connectivity index (χ1n) is 8.04. The summed E-state index contributed by atoms with van der Waals surface area (Å²) in [6.07, 6.45) is 2.26. The third-order valence-corrected chi connectivity index (χ3v) is 5.14. The van der Waals surface area contributed by atoms with Crippen molar-refractivity contribution in [3.05, 3.63) is 65.5 Å². The van der Waals surface area contributed by atoms with Crippen LogP contribution in [0.15, 0.2) is 53.4 Å². The molecule has 1 aromatic carbocycles. The first-order chi connectivity index (χ1) is 12.0. The number of pyridine rings is 1. The zero-order valence-corrected chi connectivity index (χ0v) is 18.2. The molecule has 0 fully saturated rings. The van der Waals surface area contributed by atoms with E-state index in [4.69, 9.17) is 5.11 Å². The highest BCUT2D eigenvalue weighted by atomic mass is 32.4. The average molecular weight is 396 g/mol. The minimum absolute atomic E-state index is 0.470. The molecule has 0 aliphatic carbocycles. The molecule has 0 saturated carbocycles. The van der Waals surface area contributed by atoms with Crippen LogP contribution < -0.4 is 0 Å². The number of carbonyl (C=O) groups is 1. The molecule has 0 amide bonds. The fourth-order valence-corrected chi connectivity index (χ4v) is 3.28. The second-order valence-corrected chi connectivity index (χ2v) is 9.25. The summed E-state index contributed by atoms with van der Waals surface area (Å²) in [6, 6.07) is 13.1. The van der Waals surface area contributed by atoms with Crippen molar-refractivity contribution in [2.75, 3.05) is 0 Å².